The number of rotatable bonds is 3. The van der Waals surface area contributed by atoms with Gasteiger partial charge in [-0.2, -0.15) is 0 Å². The lowest BCUT2D eigenvalue weighted by atomic mass is 9.74. The van der Waals surface area contributed by atoms with Crippen molar-refractivity contribution in [1.82, 2.24) is 4.57 Å². The topological polar surface area (TPSA) is 29.3 Å². The molecule has 11 aromatic rings. The van der Waals surface area contributed by atoms with Crippen LogP contribution >= 0.6 is 0 Å². The van der Waals surface area contributed by atoms with Crippen LogP contribution in [0, 0.1) is 0 Å². The highest BCUT2D eigenvalue weighted by Gasteiger charge is 2.43. The molecule has 3 nitrogen and oxygen atoms in total. The summed E-state index contributed by atoms with van der Waals surface area (Å²) < 4.78 is 2.53. The molecular weight excluding hydrogens is 775 g/mol. The zero-order chi connectivity index (χ0) is 41.8. The monoisotopic (exact) mass is 813 g/mol. The van der Waals surface area contributed by atoms with Crippen LogP contribution in [-0.2, 0) is 5.41 Å². The van der Waals surface area contributed by atoms with Crippen molar-refractivity contribution >= 4 is 54.7 Å². The van der Waals surface area contributed by atoms with E-state index < -0.39 is 6.29 Å². The molecule has 0 spiro atoms. The predicted octanol–water partition coefficient (Wildman–Crippen LogP) is 15.0. The lowest BCUT2D eigenvalue weighted by molar-refractivity contribution is 0.626. The second-order valence-corrected chi connectivity index (χ2v) is 18.3. The number of benzene rings is 10. The molecule has 0 fully saturated rings. The Morgan fingerprint density at radius 2 is 1.17 bits per heavy atom. The van der Waals surface area contributed by atoms with Gasteiger partial charge in [-0.3, -0.25) is 0 Å². The van der Waals surface area contributed by atoms with E-state index in [1.807, 2.05) is 0 Å². The zero-order valence-corrected chi connectivity index (χ0v) is 35.1. The van der Waals surface area contributed by atoms with Crippen LogP contribution in [-0.4, -0.2) is 10.3 Å². The Kier molecular flexibility index (Phi) is 6.66. The fourth-order valence-corrected chi connectivity index (χ4v) is 12.6. The third-order valence-corrected chi connectivity index (χ3v) is 15.3. The minimum absolute atomic E-state index is 0.184. The number of para-hydroxylation sites is 1. The number of aliphatic imine (C=N–C) groups is 1. The van der Waals surface area contributed by atoms with Crippen molar-refractivity contribution in [2.24, 2.45) is 4.99 Å². The van der Waals surface area contributed by atoms with Crippen molar-refractivity contribution in [1.29, 1.82) is 0 Å². The van der Waals surface area contributed by atoms with Gasteiger partial charge in [-0.05, 0) is 114 Å². The smallest absolute Gasteiger partial charge is 0.201 e. The van der Waals surface area contributed by atoms with Gasteiger partial charge < -0.3 is 9.88 Å². The van der Waals surface area contributed by atoms with E-state index >= 15 is 0 Å². The van der Waals surface area contributed by atoms with E-state index in [0.29, 0.717) is 0 Å². The maximum absolute atomic E-state index is 5.88. The maximum Gasteiger partial charge on any atom is 0.201 e. The maximum atomic E-state index is 5.88. The quantitative estimate of drug-likeness (QED) is 0.189. The van der Waals surface area contributed by atoms with Gasteiger partial charge in [0, 0.05) is 44.3 Å². The first-order chi connectivity index (χ1) is 31.6. The molecular formula is C61H39N3. The van der Waals surface area contributed by atoms with Crippen LogP contribution in [0.3, 0.4) is 0 Å². The standard InChI is InChI=1S/C61H39N3/c1-61(38-18-3-2-4-19-38)49-28-13-11-21-40(49)47-33-37(30-31-50(47)61)58-45-25-12-14-29-51(45)62-60(63-58)64-52-34-36-17-6-5-16-35(36)32-48(52)57-56-46-27-15-26-41-39-20-7-8-22-42(39)54(53(41)46)55(56)43-23-9-10-24-44(43)59(57)64/h2-34,54,60,62H,1H3/t54-,60?,61?/m0/s1. The summed E-state index contributed by atoms with van der Waals surface area (Å²) >= 11 is 0. The molecule has 0 saturated carbocycles. The molecule has 2 unspecified atom stereocenters. The first-order valence-corrected chi connectivity index (χ1v) is 22.5. The molecule has 10 aromatic carbocycles. The third-order valence-electron chi connectivity index (χ3n) is 15.3. The van der Waals surface area contributed by atoms with E-state index in [-0.39, 0.29) is 11.3 Å². The largest absolute Gasteiger partial charge is 0.346 e. The summed E-state index contributed by atoms with van der Waals surface area (Å²) in [6.07, 6.45) is -0.431. The molecule has 3 atom stereocenters. The van der Waals surface area contributed by atoms with Crippen LogP contribution in [0.15, 0.2) is 205 Å². The Morgan fingerprint density at radius 1 is 0.500 bits per heavy atom. The Balaban J connectivity index is 1.02. The van der Waals surface area contributed by atoms with Gasteiger partial charge in [0.1, 0.15) is 0 Å². The Hall–Kier alpha value is -8.01. The molecule has 0 saturated heterocycles. The number of nitrogens with one attached hydrogen (secondary N) is 1. The van der Waals surface area contributed by atoms with Crippen molar-refractivity contribution in [2.75, 3.05) is 5.32 Å². The molecule has 1 aliphatic heterocycles. The Labute approximate surface area is 370 Å². The first-order valence-electron chi connectivity index (χ1n) is 22.5. The molecule has 1 aromatic heterocycles. The lowest BCUT2D eigenvalue weighted by Crippen LogP contribution is -2.25. The van der Waals surface area contributed by atoms with Gasteiger partial charge >= 0.3 is 0 Å². The normalized spacial score (nSPS) is 18.4. The molecule has 3 aliphatic carbocycles. The summed E-state index contributed by atoms with van der Waals surface area (Å²) in [7, 11) is 0. The minimum Gasteiger partial charge on any atom is -0.346 e. The van der Waals surface area contributed by atoms with Gasteiger partial charge in [-0.15, -0.1) is 0 Å². The van der Waals surface area contributed by atoms with Crippen LogP contribution in [0.5, 0.6) is 0 Å². The van der Waals surface area contributed by atoms with E-state index in [9.17, 15) is 0 Å². The van der Waals surface area contributed by atoms with Crippen LogP contribution in [0.2, 0.25) is 0 Å². The average molecular weight is 814 g/mol. The fourth-order valence-electron chi connectivity index (χ4n) is 12.6. The SMILES string of the molecule is CC1(c2ccccc2)c2ccccc2-c2cc(C3=NC(n4c5cc6ccccc6cc5c5c6c(c7ccccc7c54)[C@H]4c5ccccc5-c5cccc-6c54)Nc4ccccc43)ccc21. The van der Waals surface area contributed by atoms with Gasteiger partial charge in [-0.25, -0.2) is 4.99 Å². The summed E-state index contributed by atoms with van der Waals surface area (Å²) in [6.45, 7) is 2.38. The highest BCUT2D eigenvalue weighted by atomic mass is 15.3. The number of hydrogen-bond acceptors (Lipinski definition) is 2. The molecule has 298 valence electrons. The number of aromatic nitrogens is 1. The lowest BCUT2D eigenvalue weighted by Gasteiger charge is -2.29. The van der Waals surface area contributed by atoms with Gasteiger partial charge in [0.2, 0.25) is 6.29 Å². The Morgan fingerprint density at radius 3 is 2.05 bits per heavy atom. The number of hydrogen-bond donors (Lipinski definition) is 1. The van der Waals surface area contributed by atoms with Crippen molar-refractivity contribution in [2.45, 2.75) is 24.5 Å². The van der Waals surface area contributed by atoms with Crippen LogP contribution in [0.25, 0.3) is 76.7 Å². The number of nitrogens with zero attached hydrogens (tertiary/aromatic N) is 2. The van der Waals surface area contributed by atoms with Crippen molar-refractivity contribution in [3.05, 3.63) is 245 Å². The van der Waals surface area contributed by atoms with Gasteiger partial charge in [0.15, 0.2) is 0 Å². The van der Waals surface area contributed by atoms with Crippen LogP contribution in [0.1, 0.15) is 63.6 Å². The highest BCUT2D eigenvalue weighted by molar-refractivity contribution is 6.28. The Bertz CT molecular complexity index is 3910. The molecule has 2 heterocycles. The summed E-state index contributed by atoms with van der Waals surface area (Å²) in [5.41, 5.74) is 22.7. The van der Waals surface area contributed by atoms with Crippen molar-refractivity contribution in [3.63, 3.8) is 0 Å². The van der Waals surface area contributed by atoms with E-state index in [4.69, 9.17) is 4.99 Å². The molecule has 3 heteroatoms. The fraction of sp³-hybridized carbons (Fsp3) is 0.0656. The van der Waals surface area contributed by atoms with E-state index in [2.05, 4.69) is 217 Å². The average Bonchev–Trinajstić information content (AvgIpc) is 4.07. The van der Waals surface area contributed by atoms with E-state index in [0.717, 1.165) is 22.5 Å². The molecule has 4 aliphatic rings. The van der Waals surface area contributed by atoms with E-state index in [1.54, 1.807) is 0 Å². The van der Waals surface area contributed by atoms with Crippen LogP contribution in [0.4, 0.5) is 5.69 Å². The molecule has 0 bridgehead atoms. The zero-order valence-electron chi connectivity index (χ0n) is 35.1. The molecule has 64 heavy (non-hydrogen) atoms. The number of anilines is 1. The van der Waals surface area contributed by atoms with Crippen LogP contribution < -0.4 is 5.32 Å². The minimum atomic E-state index is -0.431. The molecule has 15 rings (SSSR count). The number of fused-ring (bicyclic) bond motifs is 18. The van der Waals surface area contributed by atoms with E-state index in [1.165, 1.54) is 110 Å². The van der Waals surface area contributed by atoms with Gasteiger partial charge in [0.25, 0.3) is 0 Å². The third kappa shape index (κ3) is 4.29. The highest BCUT2D eigenvalue weighted by Crippen LogP contribution is 2.62. The summed E-state index contributed by atoms with van der Waals surface area (Å²) in [4.78, 5) is 5.88. The molecule has 0 amide bonds. The summed E-state index contributed by atoms with van der Waals surface area (Å²) in [5.74, 6) is 0.184. The predicted molar refractivity (Wildman–Crippen MR) is 265 cm³/mol. The van der Waals surface area contributed by atoms with Gasteiger partial charge in [0.05, 0.1) is 16.7 Å². The van der Waals surface area contributed by atoms with Crippen molar-refractivity contribution < 1.29 is 0 Å². The summed E-state index contributed by atoms with van der Waals surface area (Å²) in [6, 6.07) is 74.6. The second kappa shape index (κ2) is 12.3. The van der Waals surface area contributed by atoms with Crippen molar-refractivity contribution in [3.8, 4) is 33.4 Å². The van der Waals surface area contributed by atoms with Gasteiger partial charge in [-0.1, -0.05) is 176 Å². The summed E-state index contributed by atoms with van der Waals surface area (Å²) in [5, 5.41) is 11.6. The molecule has 1 N–H and O–H groups in total. The second-order valence-electron chi connectivity index (χ2n) is 18.3. The first kappa shape index (κ1) is 34.6. The molecule has 0 radical (unpaired) electrons.